The number of ether oxygens (including phenoxy) is 1. The number of carbonyl (C=O) groups is 2. The fourth-order valence-corrected chi connectivity index (χ4v) is 2.50. The van der Waals surface area contributed by atoms with Gasteiger partial charge < -0.3 is 4.74 Å². The molecule has 20 heavy (non-hydrogen) atoms. The molecule has 3 heteroatoms. The molecule has 1 aliphatic rings. The molecule has 0 aromatic heterocycles. The van der Waals surface area contributed by atoms with Gasteiger partial charge in [0.25, 0.3) is 0 Å². The highest BCUT2D eigenvalue weighted by molar-refractivity contribution is 5.94. The predicted molar refractivity (Wildman–Crippen MR) is 80.2 cm³/mol. The average Bonchev–Trinajstić information content (AvgIpc) is 2.74. The maximum absolute atomic E-state index is 11.2. The van der Waals surface area contributed by atoms with Crippen LogP contribution in [0.1, 0.15) is 77.6 Å². The lowest BCUT2D eigenvalue weighted by molar-refractivity contribution is -0.153. The van der Waals surface area contributed by atoms with Crippen molar-refractivity contribution in [3.05, 3.63) is 12.2 Å². The Morgan fingerprint density at radius 1 is 1.00 bits per heavy atom. The van der Waals surface area contributed by atoms with Crippen LogP contribution >= 0.6 is 0 Å². The standard InChI is InChI=1S/C17H28O3/c1-2-3-4-5-6-7-8-9-10-11-12-13-15-14-16(18)20-17(15)19/h8-9,15H,2-7,10-14H2,1H3/b9-8+. The lowest BCUT2D eigenvalue weighted by Crippen LogP contribution is -2.06. The Morgan fingerprint density at radius 2 is 1.65 bits per heavy atom. The molecule has 3 nitrogen and oxygen atoms in total. The maximum Gasteiger partial charge on any atom is 0.317 e. The first-order chi connectivity index (χ1) is 9.74. The third-order valence-corrected chi connectivity index (χ3v) is 3.78. The van der Waals surface area contributed by atoms with Crippen molar-refractivity contribution in [1.29, 1.82) is 0 Å². The summed E-state index contributed by atoms with van der Waals surface area (Å²) < 4.78 is 4.53. The predicted octanol–water partition coefficient (Wildman–Crippen LogP) is 4.55. The van der Waals surface area contributed by atoms with Crippen molar-refractivity contribution in [2.45, 2.75) is 77.6 Å². The highest BCUT2D eigenvalue weighted by Crippen LogP contribution is 2.22. The number of hydrogen-bond acceptors (Lipinski definition) is 3. The van der Waals surface area contributed by atoms with E-state index in [4.69, 9.17) is 0 Å². The average molecular weight is 280 g/mol. The maximum atomic E-state index is 11.2. The van der Waals surface area contributed by atoms with E-state index in [2.05, 4.69) is 23.8 Å². The summed E-state index contributed by atoms with van der Waals surface area (Å²) in [6.07, 6.45) is 16.6. The van der Waals surface area contributed by atoms with Crippen molar-refractivity contribution in [1.82, 2.24) is 0 Å². The molecule has 0 amide bonds. The molecule has 114 valence electrons. The smallest absolute Gasteiger partial charge is 0.317 e. The van der Waals surface area contributed by atoms with Crippen LogP contribution in [0, 0.1) is 5.92 Å². The van der Waals surface area contributed by atoms with Gasteiger partial charge in [0.05, 0.1) is 12.3 Å². The van der Waals surface area contributed by atoms with Crippen LogP contribution in [-0.4, -0.2) is 11.9 Å². The van der Waals surface area contributed by atoms with Gasteiger partial charge >= 0.3 is 11.9 Å². The highest BCUT2D eigenvalue weighted by Gasteiger charge is 2.32. The topological polar surface area (TPSA) is 43.4 Å². The second kappa shape index (κ2) is 10.6. The summed E-state index contributed by atoms with van der Waals surface area (Å²) in [4.78, 5) is 22.2. The van der Waals surface area contributed by atoms with Gasteiger partial charge in [0.1, 0.15) is 0 Å². The Bertz CT molecular complexity index is 320. The van der Waals surface area contributed by atoms with Crippen LogP contribution in [0.2, 0.25) is 0 Å². The first-order valence-corrected chi connectivity index (χ1v) is 8.13. The monoisotopic (exact) mass is 280 g/mol. The summed E-state index contributed by atoms with van der Waals surface area (Å²) in [7, 11) is 0. The van der Waals surface area contributed by atoms with Gasteiger partial charge in [0.2, 0.25) is 0 Å². The molecule has 0 saturated carbocycles. The lowest BCUT2D eigenvalue weighted by atomic mass is 10.00. The summed E-state index contributed by atoms with van der Waals surface area (Å²) in [6.45, 7) is 2.24. The Hall–Kier alpha value is -1.12. The number of rotatable bonds is 11. The zero-order chi connectivity index (χ0) is 14.6. The second-order valence-corrected chi connectivity index (χ2v) is 5.65. The Balaban J connectivity index is 1.89. The number of esters is 2. The molecule has 1 rings (SSSR count). The molecule has 0 aromatic rings. The van der Waals surface area contributed by atoms with Gasteiger partial charge in [-0.05, 0) is 32.1 Å². The largest absolute Gasteiger partial charge is 0.393 e. The molecule has 1 heterocycles. The van der Waals surface area contributed by atoms with Gasteiger partial charge in [-0.3, -0.25) is 9.59 Å². The summed E-state index contributed by atoms with van der Waals surface area (Å²) in [5, 5.41) is 0. The molecule has 0 aliphatic carbocycles. The molecule has 0 aromatic carbocycles. The van der Waals surface area contributed by atoms with E-state index in [1.807, 2.05) is 0 Å². The number of unbranched alkanes of at least 4 members (excludes halogenated alkanes) is 7. The van der Waals surface area contributed by atoms with Crippen molar-refractivity contribution >= 4 is 11.9 Å². The van der Waals surface area contributed by atoms with E-state index in [9.17, 15) is 9.59 Å². The van der Waals surface area contributed by atoms with Crippen LogP contribution in [-0.2, 0) is 14.3 Å². The van der Waals surface area contributed by atoms with Gasteiger partial charge in [0.15, 0.2) is 0 Å². The lowest BCUT2D eigenvalue weighted by Gasteiger charge is -2.02. The molecule has 0 bridgehead atoms. The van der Waals surface area contributed by atoms with Gasteiger partial charge in [-0.15, -0.1) is 0 Å². The molecule has 1 unspecified atom stereocenters. The van der Waals surface area contributed by atoms with E-state index in [0.717, 1.165) is 25.7 Å². The third-order valence-electron chi connectivity index (χ3n) is 3.78. The fourth-order valence-electron chi connectivity index (χ4n) is 2.50. The third kappa shape index (κ3) is 7.46. The van der Waals surface area contributed by atoms with Crippen molar-refractivity contribution in [3.63, 3.8) is 0 Å². The van der Waals surface area contributed by atoms with Crippen LogP contribution in [0.5, 0.6) is 0 Å². The molecule has 0 radical (unpaired) electrons. The van der Waals surface area contributed by atoms with Gasteiger partial charge in [-0.1, -0.05) is 51.2 Å². The zero-order valence-electron chi connectivity index (χ0n) is 12.7. The van der Waals surface area contributed by atoms with E-state index in [1.165, 1.54) is 38.5 Å². The van der Waals surface area contributed by atoms with Crippen LogP contribution in [0.25, 0.3) is 0 Å². The molecule has 1 fully saturated rings. The minimum absolute atomic E-state index is 0.176. The van der Waals surface area contributed by atoms with Crippen LogP contribution in [0.3, 0.4) is 0 Å². The summed E-state index contributed by atoms with van der Waals surface area (Å²) in [5.74, 6) is -0.856. The van der Waals surface area contributed by atoms with Crippen LogP contribution in [0.4, 0.5) is 0 Å². The quantitative estimate of drug-likeness (QED) is 0.241. The molecule has 0 spiro atoms. The number of hydrogen-bond donors (Lipinski definition) is 0. The van der Waals surface area contributed by atoms with Crippen LogP contribution < -0.4 is 0 Å². The second-order valence-electron chi connectivity index (χ2n) is 5.65. The number of allylic oxidation sites excluding steroid dienone is 2. The zero-order valence-corrected chi connectivity index (χ0v) is 12.7. The van der Waals surface area contributed by atoms with Crippen LogP contribution in [0.15, 0.2) is 12.2 Å². The molecular weight excluding hydrogens is 252 g/mol. The first kappa shape index (κ1) is 16.9. The minimum Gasteiger partial charge on any atom is -0.393 e. The summed E-state index contributed by atoms with van der Waals surface area (Å²) >= 11 is 0. The highest BCUT2D eigenvalue weighted by atomic mass is 16.6. The first-order valence-electron chi connectivity index (χ1n) is 8.13. The van der Waals surface area contributed by atoms with Crippen molar-refractivity contribution in [3.8, 4) is 0 Å². The Morgan fingerprint density at radius 3 is 2.25 bits per heavy atom. The van der Waals surface area contributed by atoms with E-state index in [0.29, 0.717) is 0 Å². The SMILES string of the molecule is CCCCCCC/C=C/CCCCC1CC(=O)OC1=O. The Kier molecular flexibility index (Phi) is 9.01. The minimum atomic E-state index is -0.358. The van der Waals surface area contributed by atoms with Crippen molar-refractivity contribution < 1.29 is 14.3 Å². The molecule has 1 aliphatic heterocycles. The van der Waals surface area contributed by atoms with E-state index in [-0.39, 0.29) is 24.3 Å². The van der Waals surface area contributed by atoms with Gasteiger partial charge in [0, 0.05) is 0 Å². The normalized spacial score (nSPS) is 18.9. The summed E-state index contributed by atoms with van der Waals surface area (Å²) in [6, 6.07) is 0. The number of carbonyl (C=O) groups excluding carboxylic acids is 2. The van der Waals surface area contributed by atoms with Crippen molar-refractivity contribution in [2.24, 2.45) is 5.92 Å². The van der Waals surface area contributed by atoms with E-state index < -0.39 is 0 Å². The number of cyclic esters (lactones) is 2. The molecule has 1 saturated heterocycles. The van der Waals surface area contributed by atoms with Gasteiger partial charge in [-0.25, -0.2) is 0 Å². The van der Waals surface area contributed by atoms with E-state index >= 15 is 0 Å². The van der Waals surface area contributed by atoms with E-state index in [1.54, 1.807) is 0 Å². The fraction of sp³-hybridized carbons (Fsp3) is 0.765. The van der Waals surface area contributed by atoms with Gasteiger partial charge in [-0.2, -0.15) is 0 Å². The summed E-state index contributed by atoms with van der Waals surface area (Å²) in [5.41, 5.74) is 0. The van der Waals surface area contributed by atoms with Crippen molar-refractivity contribution in [2.75, 3.05) is 0 Å². The molecular formula is C17H28O3. The molecule has 0 N–H and O–H groups in total. The molecule has 1 atom stereocenters. The Labute approximate surface area is 122 Å².